The van der Waals surface area contributed by atoms with Gasteiger partial charge in [0.05, 0.1) is 6.54 Å². The maximum absolute atomic E-state index is 12.1. The second-order valence-electron chi connectivity index (χ2n) is 4.60. The number of nitrogens with zero attached hydrogens (tertiary/aromatic N) is 2. The molecule has 2 amide bonds. The van der Waals surface area contributed by atoms with E-state index in [1.54, 1.807) is 31.9 Å². The van der Waals surface area contributed by atoms with Gasteiger partial charge in [0.15, 0.2) is 0 Å². The number of hydrogen-bond acceptors (Lipinski definition) is 4. The van der Waals surface area contributed by atoms with Crippen LogP contribution in [0.2, 0.25) is 0 Å². The monoisotopic (exact) mass is 253 g/mol. The Morgan fingerprint density at radius 3 is 2.82 bits per heavy atom. The smallest absolute Gasteiger partial charge is 0.246 e. The van der Waals surface area contributed by atoms with Gasteiger partial charge in [0, 0.05) is 11.6 Å². The minimum absolute atomic E-state index is 0.0650. The zero-order chi connectivity index (χ0) is 12.6. The highest BCUT2D eigenvalue weighted by Gasteiger charge is 2.44. The predicted molar refractivity (Wildman–Crippen MR) is 64.3 cm³/mol. The van der Waals surface area contributed by atoms with E-state index in [1.165, 1.54) is 11.3 Å². The first kappa shape index (κ1) is 12.0. The maximum Gasteiger partial charge on any atom is 0.246 e. The van der Waals surface area contributed by atoms with Crippen molar-refractivity contribution < 1.29 is 9.59 Å². The van der Waals surface area contributed by atoms with Crippen LogP contribution in [0.15, 0.2) is 11.6 Å². The van der Waals surface area contributed by atoms with Crippen molar-refractivity contribution in [1.29, 1.82) is 0 Å². The molecule has 5 nitrogen and oxygen atoms in total. The van der Waals surface area contributed by atoms with Gasteiger partial charge in [0.1, 0.15) is 16.6 Å². The zero-order valence-corrected chi connectivity index (χ0v) is 10.9. The van der Waals surface area contributed by atoms with Crippen LogP contribution in [0.25, 0.3) is 0 Å². The Hall–Kier alpha value is -1.43. The summed E-state index contributed by atoms with van der Waals surface area (Å²) < 4.78 is 0. The first-order chi connectivity index (χ1) is 7.93. The van der Waals surface area contributed by atoms with Crippen molar-refractivity contribution in [2.24, 2.45) is 0 Å². The van der Waals surface area contributed by atoms with E-state index in [1.807, 2.05) is 5.38 Å². The summed E-state index contributed by atoms with van der Waals surface area (Å²) in [5.41, 5.74) is -0.824. The van der Waals surface area contributed by atoms with E-state index in [4.69, 9.17) is 0 Å². The highest BCUT2D eigenvalue weighted by Crippen LogP contribution is 2.24. The molecule has 0 saturated carbocycles. The van der Waals surface area contributed by atoms with Crippen molar-refractivity contribution in [3.05, 3.63) is 16.6 Å². The maximum atomic E-state index is 12.1. The van der Waals surface area contributed by atoms with Crippen LogP contribution in [0.1, 0.15) is 25.8 Å². The molecule has 1 saturated heterocycles. The average Bonchev–Trinajstić information content (AvgIpc) is 2.75. The molecule has 0 aliphatic carbocycles. The topological polar surface area (TPSA) is 62.3 Å². The molecule has 1 fully saturated rings. The van der Waals surface area contributed by atoms with E-state index in [9.17, 15) is 9.59 Å². The predicted octanol–water partition coefficient (Wildman–Crippen LogP) is 0.769. The first-order valence-electron chi connectivity index (χ1n) is 5.43. The summed E-state index contributed by atoms with van der Waals surface area (Å²) >= 11 is 1.49. The molecule has 0 bridgehead atoms. The van der Waals surface area contributed by atoms with Crippen LogP contribution in [0.5, 0.6) is 0 Å². The minimum Gasteiger partial charge on any atom is -0.343 e. The number of nitrogens with one attached hydrogen (secondary N) is 1. The molecular formula is C11H15N3O2S. The normalized spacial score (nSPS) is 23.7. The van der Waals surface area contributed by atoms with Crippen LogP contribution in [-0.2, 0) is 16.1 Å². The number of rotatable bonds is 2. The van der Waals surface area contributed by atoms with Crippen LogP contribution < -0.4 is 5.32 Å². The Bertz CT molecular complexity index is 442. The molecular weight excluding hydrogens is 238 g/mol. The molecule has 92 valence electrons. The van der Waals surface area contributed by atoms with Crippen molar-refractivity contribution in [2.45, 2.75) is 38.9 Å². The quantitative estimate of drug-likeness (QED) is 0.846. The lowest BCUT2D eigenvalue weighted by Crippen LogP contribution is -2.67. The number of aromatic nitrogens is 1. The molecule has 1 aromatic rings. The third-order valence-electron chi connectivity index (χ3n) is 2.99. The van der Waals surface area contributed by atoms with Crippen LogP contribution in [0.3, 0.4) is 0 Å². The first-order valence-corrected chi connectivity index (χ1v) is 6.31. The molecule has 1 unspecified atom stereocenters. The molecule has 1 aliphatic rings. The summed E-state index contributed by atoms with van der Waals surface area (Å²) in [6.07, 6.45) is 1.70. The second kappa shape index (κ2) is 4.10. The number of hydrogen-bond donors (Lipinski definition) is 1. The van der Waals surface area contributed by atoms with E-state index in [0.29, 0.717) is 6.54 Å². The summed E-state index contributed by atoms with van der Waals surface area (Å²) in [4.78, 5) is 29.7. The standard InChI is InChI=1S/C11H15N3O2S/c1-7-9(15)14(6-8-12-4-5-17-8)11(2,3)10(16)13-7/h4-5,7H,6H2,1-3H3,(H,13,16). The second-order valence-corrected chi connectivity index (χ2v) is 5.58. The van der Waals surface area contributed by atoms with Crippen LogP contribution in [-0.4, -0.2) is 33.3 Å². The van der Waals surface area contributed by atoms with Gasteiger partial charge in [-0.1, -0.05) is 0 Å². The fraction of sp³-hybridized carbons (Fsp3) is 0.545. The molecule has 0 radical (unpaired) electrons. The van der Waals surface area contributed by atoms with Gasteiger partial charge in [0.2, 0.25) is 11.8 Å². The molecule has 1 aliphatic heterocycles. The van der Waals surface area contributed by atoms with E-state index in [2.05, 4.69) is 10.3 Å². The van der Waals surface area contributed by atoms with E-state index < -0.39 is 11.6 Å². The number of thiazole rings is 1. The van der Waals surface area contributed by atoms with Crippen LogP contribution in [0.4, 0.5) is 0 Å². The van der Waals surface area contributed by atoms with Gasteiger partial charge in [-0.15, -0.1) is 11.3 Å². The van der Waals surface area contributed by atoms with E-state index in [0.717, 1.165) is 5.01 Å². The summed E-state index contributed by atoms with van der Waals surface area (Å²) in [7, 11) is 0. The zero-order valence-electron chi connectivity index (χ0n) is 10.1. The summed E-state index contributed by atoms with van der Waals surface area (Å²) in [6, 6.07) is -0.463. The highest BCUT2D eigenvalue weighted by atomic mass is 32.1. The fourth-order valence-corrected chi connectivity index (χ4v) is 2.41. The number of carbonyl (C=O) groups is 2. The molecule has 1 atom stereocenters. The Labute approximate surface area is 104 Å². The fourth-order valence-electron chi connectivity index (χ4n) is 1.81. The Balaban J connectivity index is 2.27. The van der Waals surface area contributed by atoms with Crippen molar-refractivity contribution >= 4 is 23.2 Å². The van der Waals surface area contributed by atoms with E-state index >= 15 is 0 Å². The average molecular weight is 253 g/mol. The third-order valence-corrected chi connectivity index (χ3v) is 3.76. The largest absolute Gasteiger partial charge is 0.343 e. The summed E-state index contributed by atoms with van der Waals surface area (Å²) in [5.74, 6) is -0.189. The molecule has 2 heterocycles. The Morgan fingerprint density at radius 2 is 2.24 bits per heavy atom. The van der Waals surface area contributed by atoms with Gasteiger partial charge in [-0.25, -0.2) is 4.98 Å². The van der Waals surface area contributed by atoms with Crippen molar-refractivity contribution in [1.82, 2.24) is 15.2 Å². The number of amides is 2. The van der Waals surface area contributed by atoms with Gasteiger partial charge in [-0.3, -0.25) is 9.59 Å². The Morgan fingerprint density at radius 1 is 1.53 bits per heavy atom. The SMILES string of the molecule is CC1NC(=O)C(C)(C)N(Cc2nccs2)C1=O. The summed E-state index contributed by atoms with van der Waals surface area (Å²) in [5, 5.41) is 5.38. The molecule has 2 rings (SSSR count). The molecule has 1 aromatic heterocycles. The molecule has 17 heavy (non-hydrogen) atoms. The summed E-state index contributed by atoms with van der Waals surface area (Å²) in [6.45, 7) is 5.59. The number of piperazine rings is 1. The lowest BCUT2D eigenvalue weighted by atomic mass is 9.96. The third kappa shape index (κ3) is 2.04. The lowest BCUT2D eigenvalue weighted by Gasteiger charge is -2.43. The number of carbonyl (C=O) groups excluding carboxylic acids is 2. The van der Waals surface area contributed by atoms with Crippen LogP contribution >= 0.6 is 11.3 Å². The lowest BCUT2D eigenvalue weighted by molar-refractivity contribution is -0.155. The van der Waals surface area contributed by atoms with Gasteiger partial charge in [-0.05, 0) is 20.8 Å². The Kier molecular flexibility index (Phi) is 2.91. The van der Waals surface area contributed by atoms with Crippen molar-refractivity contribution in [2.75, 3.05) is 0 Å². The van der Waals surface area contributed by atoms with Crippen LogP contribution in [0, 0.1) is 0 Å². The van der Waals surface area contributed by atoms with Crippen molar-refractivity contribution in [3.8, 4) is 0 Å². The molecule has 1 N–H and O–H groups in total. The molecule has 0 aromatic carbocycles. The van der Waals surface area contributed by atoms with Gasteiger partial charge in [0.25, 0.3) is 0 Å². The van der Waals surface area contributed by atoms with Gasteiger partial charge >= 0.3 is 0 Å². The van der Waals surface area contributed by atoms with E-state index in [-0.39, 0.29) is 11.8 Å². The molecule has 0 spiro atoms. The minimum atomic E-state index is -0.824. The van der Waals surface area contributed by atoms with Crippen molar-refractivity contribution in [3.63, 3.8) is 0 Å². The van der Waals surface area contributed by atoms with Gasteiger partial charge < -0.3 is 10.2 Å². The highest BCUT2D eigenvalue weighted by molar-refractivity contribution is 7.09. The molecule has 6 heteroatoms. The van der Waals surface area contributed by atoms with Gasteiger partial charge in [-0.2, -0.15) is 0 Å².